The minimum Gasteiger partial charge on any atom is -0.341 e. The van der Waals surface area contributed by atoms with E-state index in [2.05, 4.69) is 29.4 Å². The van der Waals surface area contributed by atoms with Gasteiger partial charge in [-0.25, -0.2) is 0 Å². The van der Waals surface area contributed by atoms with Gasteiger partial charge in [0.05, 0.1) is 10.8 Å². The Hall–Kier alpha value is -1.54. The molecule has 2 heterocycles. The van der Waals surface area contributed by atoms with Crippen molar-refractivity contribution in [3.05, 3.63) is 50.6 Å². The summed E-state index contributed by atoms with van der Waals surface area (Å²) in [5.41, 5.74) is 1.91. The van der Waals surface area contributed by atoms with Gasteiger partial charge in [-0.05, 0) is 46.5 Å². The molecule has 0 saturated heterocycles. The van der Waals surface area contributed by atoms with E-state index >= 15 is 0 Å². The van der Waals surface area contributed by atoms with Crippen LogP contribution >= 0.6 is 46.3 Å². The van der Waals surface area contributed by atoms with Crippen LogP contribution in [0.4, 0.5) is 0 Å². The van der Waals surface area contributed by atoms with Crippen molar-refractivity contribution in [1.82, 2.24) is 19.7 Å². The molecule has 0 aliphatic rings. The molecular weight excluding hydrogens is 447 g/mol. The van der Waals surface area contributed by atoms with Gasteiger partial charge in [-0.1, -0.05) is 48.8 Å². The van der Waals surface area contributed by atoms with E-state index < -0.39 is 0 Å². The lowest BCUT2D eigenvalue weighted by Crippen LogP contribution is -2.27. The molecule has 0 atom stereocenters. The van der Waals surface area contributed by atoms with Crippen LogP contribution in [0.15, 0.2) is 40.2 Å². The Balaban J connectivity index is 1.76. The highest BCUT2D eigenvalue weighted by Crippen LogP contribution is 2.32. The Bertz CT molecular complexity index is 973. The number of halogens is 2. The topological polar surface area (TPSA) is 51.0 Å². The van der Waals surface area contributed by atoms with Gasteiger partial charge in [-0.2, -0.15) is 11.3 Å². The normalized spacial score (nSPS) is 11.2. The Morgan fingerprint density at radius 3 is 2.72 bits per heavy atom. The third kappa shape index (κ3) is 5.75. The second kappa shape index (κ2) is 9.98. The molecule has 1 amide bonds. The first-order valence-electron chi connectivity index (χ1n) is 9.11. The highest BCUT2D eigenvalue weighted by molar-refractivity contribution is 7.99. The van der Waals surface area contributed by atoms with E-state index in [1.54, 1.807) is 28.4 Å². The van der Waals surface area contributed by atoms with E-state index in [0.29, 0.717) is 39.2 Å². The van der Waals surface area contributed by atoms with Crippen molar-refractivity contribution in [2.75, 3.05) is 12.8 Å². The van der Waals surface area contributed by atoms with Gasteiger partial charge in [0.2, 0.25) is 5.91 Å². The lowest BCUT2D eigenvalue weighted by atomic mass is 10.2. The molecular formula is C20H22Cl2N4OS2. The molecule has 0 radical (unpaired) electrons. The van der Waals surface area contributed by atoms with Crippen molar-refractivity contribution in [3.63, 3.8) is 0 Å². The third-order valence-corrected chi connectivity index (χ3v) is 6.42. The molecule has 9 heteroatoms. The summed E-state index contributed by atoms with van der Waals surface area (Å²) in [5, 5.41) is 14.6. The zero-order chi connectivity index (χ0) is 21.0. The molecule has 0 aliphatic heterocycles. The standard InChI is InChI=1S/C20H22Cl2N4OS2/c1-13(2)9-26-19(16-5-4-15(21)8-17(16)22)23-24-20(26)29-12-18(27)25(3)10-14-6-7-28-11-14/h4-8,11,13H,9-10,12H2,1-3H3. The van der Waals surface area contributed by atoms with Gasteiger partial charge in [-0.3, -0.25) is 4.79 Å². The van der Waals surface area contributed by atoms with E-state index in [0.717, 1.165) is 17.7 Å². The van der Waals surface area contributed by atoms with E-state index in [9.17, 15) is 4.79 Å². The van der Waals surface area contributed by atoms with Crippen molar-refractivity contribution < 1.29 is 4.79 Å². The Morgan fingerprint density at radius 1 is 1.28 bits per heavy atom. The molecule has 29 heavy (non-hydrogen) atoms. The maximum atomic E-state index is 12.6. The highest BCUT2D eigenvalue weighted by Gasteiger charge is 2.19. The van der Waals surface area contributed by atoms with Crippen LogP contribution in [0.3, 0.4) is 0 Å². The molecule has 0 N–H and O–H groups in total. The number of hydrogen-bond acceptors (Lipinski definition) is 5. The fourth-order valence-corrected chi connectivity index (χ4v) is 4.82. The lowest BCUT2D eigenvalue weighted by Gasteiger charge is -2.17. The van der Waals surface area contributed by atoms with Crippen LogP contribution in [0, 0.1) is 5.92 Å². The molecule has 3 rings (SSSR count). The monoisotopic (exact) mass is 468 g/mol. The number of carbonyl (C=O) groups excluding carboxylic acids is 1. The molecule has 154 valence electrons. The van der Waals surface area contributed by atoms with Gasteiger partial charge in [-0.15, -0.1) is 10.2 Å². The van der Waals surface area contributed by atoms with Gasteiger partial charge in [0.15, 0.2) is 11.0 Å². The summed E-state index contributed by atoms with van der Waals surface area (Å²) < 4.78 is 2.02. The highest BCUT2D eigenvalue weighted by atomic mass is 35.5. The van der Waals surface area contributed by atoms with Crippen LogP contribution < -0.4 is 0 Å². The van der Waals surface area contributed by atoms with E-state index in [1.807, 2.05) is 29.1 Å². The number of thiophene rings is 1. The smallest absolute Gasteiger partial charge is 0.233 e. The third-order valence-electron chi connectivity index (χ3n) is 4.19. The summed E-state index contributed by atoms with van der Waals surface area (Å²) >= 11 is 15.4. The van der Waals surface area contributed by atoms with Crippen LogP contribution in [0.5, 0.6) is 0 Å². The Morgan fingerprint density at radius 2 is 2.07 bits per heavy atom. The molecule has 3 aromatic rings. The molecule has 0 saturated carbocycles. The van der Waals surface area contributed by atoms with Crippen molar-refractivity contribution in [2.24, 2.45) is 5.92 Å². The zero-order valence-electron chi connectivity index (χ0n) is 16.4. The fourth-order valence-electron chi connectivity index (χ4n) is 2.78. The van der Waals surface area contributed by atoms with E-state index in [4.69, 9.17) is 23.2 Å². The van der Waals surface area contributed by atoms with Crippen molar-refractivity contribution in [3.8, 4) is 11.4 Å². The number of rotatable bonds is 8. The SMILES string of the molecule is CC(C)Cn1c(SCC(=O)N(C)Cc2ccsc2)nnc1-c1ccc(Cl)cc1Cl. The van der Waals surface area contributed by atoms with Crippen LogP contribution in [-0.4, -0.2) is 38.4 Å². The minimum absolute atomic E-state index is 0.0476. The summed E-state index contributed by atoms with van der Waals surface area (Å²) in [6.45, 7) is 5.58. The number of amides is 1. The summed E-state index contributed by atoms with van der Waals surface area (Å²) in [4.78, 5) is 14.3. The van der Waals surface area contributed by atoms with Gasteiger partial charge >= 0.3 is 0 Å². The van der Waals surface area contributed by atoms with Gasteiger partial charge < -0.3 is 9.47 Å². The number of benzene rings is 1. The van der Waals surface area contributed by atoms with Gasteiger partial charge in [0, 0.05) is 30.7 Å². The van der Waals surface area contributed by atoms with E-state index in [1.165, 1.54) is 11.8 Å². The Kier molecular flexibility index (Phi) is 7.62. The number of carbonyl (C=O) groups is 1. The average Bonchev–Trinajstić information content (AvgIpc) is 3.30. The maximum Gasteiger partial charge on any atom is 0.233 e. The molecule has 0 bridgehead atoms. The Labute approximate surface area is 189 Å². The number of nitrogens with zero attached hydrogens (tertiary/aromatic N) is 4. The molecule has 0 aliphatic carbocycles. The second-order valence-electron chi connectivity index (χ2n) is 7.10. The maximum absolute atomic E-state index is 12.6. The summed E-state index contributed by atoms with van der Waals surface area (Å²) in [6.07, 6.45) is 0. The molecule has 5 nitrogen and oxygen atoms in total. The zero-order valence-corrected chi connectivity index (χ0v) is 19.6. The fraction of sp³-hybridized carbons (Fsp3) is 0.350. The van der Waals surface area contributed by atoms with Crippen molar-refractivity contribution in [1.29, 1.82) is 0 Å². The molecule has 0 unspecified atom stereocenters. The van der Waals surface area contributed by atoms with Crippen LogP contribution in [0.1, 0.15) is 19.4 Å². The molecule has 2 aromatic heterocycles. The largest absolute Gasteiger partial charge is 0.341 e. The minimum atomic E-state index is 0.0476. The quantitative estimate of drug-likeness (QED) is 0.396. The van der Waals surface area contributed by atoms with Gasteiger partial charge in [0.25, 0.3) is 0 Å². The second-order valence-corrected chi connectivity index (χ2v) is 9.67. The lowest BCUT2D eigenvalue weighted by molar-refractivity contribution is -0.127. The first kappa shape index (κ1) is 22.2. The van der Waals surface area contributed by atoms with E-state index in [-0.39, 0.29) is 5.91 Å². The van der Waals surface area contributed by atoms with Crippen molar-refractivity contribution in [2.45, 2.75) is 32.1 Å². The number of hydrogen-bond donors (Lipinski definition) is 0. The van der Waals surface area contributed by atoms with Crippen molar-refractivity contribution >= 4 is 52.2 Å². The predicted molar refractivity (Wildman–Crippen MR) is 122 cm³/mol. The first-order valence-corrected chi connectivity index (χ1v) is 11.8. The number of aromatic nitrogens is 3. The molecule has 0 spiro atoms. The number of thioether (sulfide) groups is 1. The molecule has 0 fully saturated rings. The first-order chi connectivity index (χ1) is 13.8. The predicted octanol–water partition coefficient (Wildman–Crippen LogP) is 5.72. The van der Waals surface area contributed by atoms with Crippen LogP contribution in [0.25, 0.3) is 11.4 Å². The molecule has 1 aromatic carbocycles. The average molecular weight is 469 g/mol. The summed E-state index contributed by atoms with van der Waals surface area (Å²) in [6, 6.07) is 7.36. The van der Waals surface area contributed by atoms with Crippen LogP contribution in [-0.2, 0) is 17.9 Å². The van der Waals surface area contributed by atoms with Gasteiger partial charge in [0.1, 0.15) is 0 Å². The van der Waals surface area contributed by atoms with Crippen LogP contribution in [0.2, 0.25) is 10.0 Å². The summed E-state index contributed by atoms with van der Waals surface area (Å²) in [5.74, 6) is 1.41. The summed E-state index contributed by atoms with van der Waals surface area (Å²) in [7, 11) is 1.82.